The van der Waals surface area contributed by atoms with E-state index in [2.05, 4.69) is 130 Å². The highest BCUT2D eigenvalue weighted by atomic mass is 16.3. The zero-order valence-electron chi connectivity index (χ0n) is 25.7. The van der Waals surface area contributed by atoms with Crippen molar-refractivity contribution in [1.82, 2.24) is 4.98 Å². The highest BCUT2D eigenvalue weighted by Gasteiger charge is 2.42. The molecule has 3 heteroatoms. The first-order valence-corrected chi connectivity index (χ1v) is 15.5. The molecule has 0 saturated carbocycles. The summed E-state index contributed by atoms with van der Waals surface area (Å²) in [6, 6.07) is 34.2. The fourth-order valence-corrected chi connectivity index (χ4v) is 8.08. The maximum Gasteiger partial charge on any atom is 0.227 e. The van der Waals surface area contributed by atoms with Crippen LogP contribution in [0.1, 0.15) is 67.6 Å². The molecule has 3 aliphatic carbocycles. The minimum Gasteiger partial charge on any atom is -0.437 e. The van der Waals surface area contributed by atoms with Crippen LogP contribution in [0.2, 0.25) is 0 Å². The third kappa shape index (κ3) is 3.44. The summed E-state index contributed by atoms with van der Waals surface area (Å²) in [6.07, 6.45) is 2.18. The maximum atomic E-state index is 6.48. The zero-order chi connectivity index (χ0) is 29.9. The first kappa shape index (κ1) is 25.5. The summed E-state index contributed by atoms with van der Waals surface area (Å²) < 4.78 is 8.69. The molecular formula is C41H33N2O+. The number of nitrogens with zero attached hydrogens (tertiary/aromatic N) is 2. The monoisotopic (exact) mass is 569 g/mol. The number of pyridine rings is 2. The van der Waals surface area contributed by atoms with Crippen molar-refractivity contribution in [3.63, 3.8) is 0 Å². The van der Waals surface area contributed by atoms with Gasteiger partial charge in [0.1, 0.15) is 7.05 Å². The number of fused-ring (bicyclic) bond motifs is 3. The SMILES string of the molecule is Cc1ccc2c(c1)C1c3ccccc3C2c2cc(-c3cc[n+](C)c(-c4c(C)ccc5c4oc4nc(C)ccc45)c3)cc(C)c21. The lowest BCUT2D eigenvalue weighted by Gasteiger charge is -2.43. The maximum absolute atomic E-state index is 6.48. The minimum absolute atomic E-state index is 0.252. The van der Waals surface area contributed by atoms with Gasteiger partial charge in [0.05, 0.1) is 5.56 Å². The van der Waals surface area contributed by atoms with Crippen molar-refractivity contribution < 1.29 is 8.98 Å². The highest BCUT2D eigenvalue weighted by molar-refractivity contribution is 6.08. The summed E-state index contributed by atoms with van der Waals surface area (Å²) in [7, 11) is 2.12. The van der Waals surface area contributed by atoms with E-state index in [-0.39, 0.29) is 11.8 Å². The lowest BCUT2D eigenvalue weighted by atomic mass is 9.60. The molecule has 2 unspecified atom stereocenters. The third-order valence-corrected chi connectivity index (χ3v) is 10.1. The molecule has 3 aromatic heterocycles. The van der Waals surface area contributed by atoms with E-state index in [1.165, 1.54) is 61.2 Å². The first-order chi connectivity index (χ1) is 21.4. The molecule has 0 amide bonds. The van der Waals surface area contributed by atoms with Gasteiger partial charge in [-0.2, -0.15) is 0 Å². The van der Waals surface area contributed by atoms with E-state index < -0.39 is 0 Å². The van der Waals surface area contributed by atoms with E-state index in [9.17, 15) is 0 Å². The van der Waals surface area contributed by atoms with Gasteiger partial charge in [-0.1, -0.05) is 66.2 Å². The van der Waals surface area contributed by atoms with Crippen LogP contribution >= 0.6 is 0 Å². The summed E-state index contributed by atoms with van der Waals surface area (Å²) >= 11 is 0. The van der Waals surface area contributed by atoms with E-state index in [4.69, 9.17) is 9.40 Å². The van der Waals surface area contributed by atoms with Gasteiger partial charge in [-0.15, -0.1) is 0 Å². The molecular weight excluding hydrogens is 536 g/mol. The van der Waals surface area contributed by atoms with Crippen LogP contribution in [0.15, 0.2) is 102 Å². The van der Waals surface area contributed by atoms with Gasteiger partial charge in [-0.3, -0.25) is 0 Å². The second-order valence-corrected chi connectivity index (χ2v) is 12.9. The van der Waals surface area contributed by atoms with Crippen LogP contribution in [0.5, 0.6) is 0 Å². The molecule has 7 aromatic rings. The van der Waals surface area contributed by atoms with Crippen molar-refractivity contribution in [2.24, 2.45) is 7.05 Å². The van der Waals surface area contributed by atoms with E-state index >= 15 is 0 Å². The summed E-state index contributed by atoms with van der Waals surface area (Å²) in [5, 5.41) is 2.16. The second kappa shape index (κ2) is 9.00. The molecule has 2 bridgehead atoms. The Morgan fingerprint density at radius 2 is 1.41 bits per heavy atom. The normalized spacial score (nSPS) is 16.3. The fourth-order valence-electron chi connectivity index (χ4n) is 8.08. The molecule has 0 saturated heterocycles. The lowest BCUT2D eigenvalue weighted by molar-refractivity contribution is -0.660. The molecule has 2 atom stereocenters. The molecule has 3 heterocycles. The van der Waals surface area contributed by atoms with Gasteiger partial charge >= 0.3 is 0 Å². The van der Waals surface area contributed by atoms with Gasteiger partial charge in [0.15, 0.2) is 11.8 Å². The number of hydrogen-bond donors (Lipinski definition) is 0. The van der Waals surface area contributed by atoms with Crippen LogP contribution < -0.4 is 4.57 Å². The van der Waals surface area contributed by atoms with Crippen molar-refractivity contribution in [3.05, 3.63) is 153 Å². The van der Waals surface area contributed by atoms with Crippen LogP contribution in [0.3, 0.4) is 0 Å². The van der Waals surface area contributed by atoms with Crippen LogP contribution in [0, 0.1) is 27.7 Å². The molecule has 0 spiro atoms. The Hall–Kier alpha value is -5.02. The molecule has 3 aliphatic rings. The number of furan rings is 1. The Balaban J connectivity index is 1.24. The van der Waals surface area contributed by atoms with Crippen molar-refractivity contribution in [2.75, 3.05) is 0 Å². The molecule has 0 radical (unpaired) electrons. The Labute approximate surface area is 257 Å². The topological polar surface area (TPSA) is 29.9 Å². The molecule has 212 valence electrons. The molecule has 0 N–H and O–H groups in total. The number of benzene rings is 4. The van der Waals surface area contributed by atoms with Gasteiger partial charge < -0.3 is 4.42 Å². The van der Waals surface area contributed by atoms with Crippen LogP contribution in [-0.4, -0.2) is 4.98 Å². The van der Waals surface area contributed by atoms with Crippen molar-refractivity contribution in [3.8, 4) is 22.4 Å². The standard InChI is InChI=1S/C41H33N2O/c1-22-10-13-30-33(18-22)39-29-9-7-6-8-28(29)38(30)34-20-27(19-24(3)36(34)39)26-16-17-43(5)35(21-26)37-23(2)11-14-31-32-15-12-25(4)42-41(32)44-40(31)37/h6-21,38-39H,1-5H3/q+1. The van der Waals surface area contributed by atoms with Gasteiger partial charge in [0.25, 0.3) is 0 Å². The van der Waals surface area contributed by atoms with Gasteiger partial charge in [0, 0.05) is 40.4 Å². The summed E-state index contributed by atoms with van der Waals surface area (Å²) in [6.45, 7) is 8.69. The number of hydrogen-bond acceptors (Lipinski definition) is 2. The van der Waals surface area contributed by atoms with Gasteiger partial charge in [-0.05, 0) is 102 Å². The Kier molecular flexibility index (Phi) is 5.21. The Morgan fingerprint density at radius 3 is 2.25 bits per heavy atom. The van der Waals surface area contributed by atoms with Crippen LogP contribution in [-0.2, 0) is 7.05 Å². The number of aryl methyl sites for hydroxylation is 5. The van der Waals surface area contributed by atoms with E-state index in [1.54, 1.807) is 0 Å². The van der Waals surface area contributed by atoms with Crippen LogP contribution in [0.4, 0.5) is 0 Å². The molecule has 4 aromatic carbocycles. The molecule has 3 nitrogen and oxygen atoms in total. The molecule has 0 fully saturated rings. The predicted octanol–water partition coefficient (Wildman–Crippen LogP) is 9.36. The van der Waals surface area contributed by atoms with E-state index in [1.807, 2.05) is 6.92 Å². The largest absolute Gasteiger partial charge is 0.437 e. The first-order valence-electron chi connectivity index (χ1n) is 15.5. The summed E-state index contributed by atoms with van der Waals surface area (Å²) in [5.41, 5.74) is 19.9. The highest BCUT2D eigenvalue weighted by Crippen LogP contribution is 2.57. The van der Waals surface area contributed by atoms with E-state index in [0.29, 0.717) is 5.71 Å². The third-order valence-electron chi connectivity index (χ3n) is 10.1. The van der Waals surface area contributed by atoms with Crippen molar-refractivity contribution >= 4 is 22.1 Å². The van der Waals surface area contributed by atoms with Gasteiger partial charge in [0.2, 0.25) is 11.4 Å². The van der Waals surface area contributed by atoms with Crippen molar-refractivity contribution in [1.29, 1.82) is 0 Å². The molecule has 0 aliphatic heterocycles. The van der Waals surface area contributed by atoms with Gasteiger partial charge in [-0.25, -0.2) is 9.55 Å². The fraction of sp³-hybridized carbons (Fsp3) is 0.171. The summed E-state index contributed by atoms with van der Waals surface area (Å²) in [4.78, 5) is 4.70. The number of rotatable bonds is 2. The zero-order valence-corrected chi connectivity index (χ0v) is 25.7. The van der Waals surface area contributed by atoms with E-state index in [0.717, 1.165) is 33.3 Å². The average molecular weight is 570 g/mol. The molecule has 44 heavy (non-hydrogen) atoms. The van der Waals surface area contributed by atoms with Crippen molar-refractivity contribution in [2.45, 2.75) is 39.5 Å². The average Bonchev–Trinajstić information content (AvgIpc) is 3.38. The second-order valence-electron chi connectivity index (χ2n) is 12.9. The minimum atomic E-state index is 0.252. The molecule has 10 rings (SSSR count). The predicted molar refractivity (Wildman–Crippen MR) is 177 cm³/mol. The Bertz CT molecular complexity index is 2360. The Morgan fingerprint density at radius 1 is 0.636 bits per heavy atom. The lowest BCUT2D eigenvalue weighted by Crippen LogP contribution is -2.30. The summed E-state index contributed by atoms with van der Waals surface area (Å²) in [5.74, 6) is 0.534. The quantitative estimate of drug-likeness (QED) is 0.194. The van der Waals surface area contributed by atoms with Crippen LogP contribution in [0.25, 0.3) is 44.5 Å². The smallest absolute Gasteiger partial charge is 0.227 e. The number of aromatic nitrogens is 2.